The summed E-state index contributed by atoms with van der Waals surface area (Å²) in [4.78, 5) is 38.0. The van der Waals surface area contributed by atoms with E-state index in [-0.39, 0.29) is 29.6 Å². The van der Waals surface area contributed by atoms with E-state index in [0.29, 0.717) is 12.8 Å². The Morgan fingerprint density at radius 3 is 2.59 bits per heavy atom. The first-order chi connectivity index (χ1) is 12.6. The first-order valence-corrected chi connectivity index (χ1v) is 8.43. The Balaban J connectivity index is 2.15. The molecule has 1 aliphatic heterocycles. The number of carboxylic acids is 1. The number of carbonyl (C=O) groups excluding carboxylic acids is 1. The second kappa shape index (κ2) is 6.71. The number of benzene rings is 1. The molecule has 1 aromatic heterocycles. The van der Waals surface area contributed by atoms with Crippen molar-refractivity contribution in [3.63, 3.8) is 0 Å². The van der Waals surface area contributed by atoms with Crippen LogP contribution in [0.2, 0.25) is 0 Å². The van der Waals surface area contributed by atoms with Gasteiger partial charge in [0.2, 0.25) is 5.43 Å². The van der Waals surface area contributed by atoms with Crippen molar-refractivity contribution in [1.29, 1.82) is 0 Å². The van der Waals surface area contributed by atoms with Crippen LogP contribution in [-0.4, -0.2) is 39.0 Å². The Labute approximate surface area is 151 Å². The van der Waals surface area contributed by atoms with Crippen molar-refractivity contribution in [2.24, 2.45) is 0 Å². The molecule has 1 fully saturated rings. The van der Waals surface area contributed by atoms with E-state index < -0.39 is 35.1 Å². The van der Waals surface area contributed by atoms with Gasteiger partial charge in [-0.2, -0.15) is 13.2 Å². The van der Waals surface area contributed by atoms with E-state index in [1.165, 1.54) is 10.8 Å². The summed E-state index contributed by atoms with van der Waals surface area (Å²) in [5.74, 6) is -1.86. The van der Waals surface area contributed by atoms with Crippen molar-refractivity contribution in [3.8, 4) is 0 Å². The van der Waals surface area contributed by atoms with Crippen LogP contribution >= 0.6 is 0 Å². The maximum atomic E-state index is 13.0. The zero-order chi connectivity index (χ0) is 19.9. The predicted molar refractivity (Wildman–Crippen MR) is 90.6 cm³/mol. The van der Waals surface area contributed by atoms with Crippen molar-refractivity contribution >= 4 is 22.8 Å². The minimum atomic E-state index is -4.55. The summed E-state index contributed by atoms with van der Waals surface area (Å²) in [5, 5.41) is 9.23. The highest BCUT2D eigenvalue weighted by Gasteiger charge is 2.36. The molecule has 2 aromatic rings. The summed E-state index contributed by atoms with van der Waals surface area (Å²) in [5.41, 5.74) is -1.76. The Morgan fingerprint density at radius 1 is 1.30 bits per heavy atom. The van der Waals surface area contributed by atoms with Gasteiger partial charge in [0.1, 0.15) is 11.6 Å². The number of halogens is 3. The number of rotatable bonds is 3. The number of pyridine rings is 1. The molecule has 6 nitrogen and oxygen atoms in total. The number of nitrogens with zero attached hydrogens (tertiary/aromatic N) is 2. The van der Waals surface area contributed by atoms with Crippen molar-refractivity contribution < 1.29 is 27.9 Å². The molecule has 1 atom stereocenters. The fourth-order valence-electron chi connectivity index (χ4n) is 3.40. The number of aromatic nitrogens is 1. The fourth-order valence-corrected chi connectivity index (χ4v) is 3.40. The highest BCUT2D eigenvalue weighted by molar-refractivity contribution is 5.99. The molecule has 0 aliphatic carbocycles. The van der Waals surface area contributed by atoms with Gasteiger partial charge in [-0.3, -0.25) is 9.59 Å². The molecule has 3 rings (SSSR count). The minimum absolute atomic E-state index is 0.0122. The lowest BCUT2D eigenvalue weighted by Gasteiger charge is -2.22. The number of fused-ring (bicyclic) bond motifs is 1. The molecule has 1 amide bonds. The Bertz CT molecular complexity index is 981. The van der Waals surface area contributed by atoms with E-state index in [2.05, 4.69) is 0 Å². The number of aryl methyl sites for hydroxylation is 1. The second-order valence-corrected chi connectivity index (χ2v) is 6.38. The molecule has 1 saturated heterocycles. The van der Waals surface area contributed by atoms with Crippen LogP contribution in [0.15, 0.2) is 29.2 Å². The molecular weight excluding hydrogens is 365 g/mol. The lowest BCUT2D eigenvalue weighted by Crippen LogP contribution is -2.42. The molecule has 0 saturated carbocycles. The maximum absolute atomic E-state index is 13.0. The number of likely N-dealkylation sites (tertiary alicyclic amines) is 1. The smallest absolute Gasteiger partial charge is 0.416 e. The average molecular weight is 382 g/mol. The van der Waals surface area contributed by atoms with Gasteiger partial charge in [0.05, 0.1) is 11.1 Å². The fraction of sp³-hybridized carbons (Fsp3) is 0.389. The van der Waals surface area contributed by atoms with Crippen LogP contribution in [0.3, 0.4) is 0 Å². The van der Waals surface area contributed by atoms with Crippen LogP contribution in [0.1, 0.15) is 35.7 Å². The lowest BCUT2D eigenvalue weighted by molar-refractivity contribution is -0.141. The molecule has 9 heteroatoms. The molecule has 2 heterocycles. The SMILES string of the molecule is CCn1cc(C(=O)N2CCC[C@H]2C(=O)O)c(=O)c2ccc(C(F)(F)F)cc21. The van der Waals surface area contributed by atoms with Gasteiger partial charge in [-0.25, -0.2) is 4.79 Å². The molecule has 0 unspecified atom stereocenters. The largest absolute Gasteiger partial charge is 0.480 e. The first-order valence-electron chi connectivity index (χ1n) is 8.43. The molecule has 0 bridgehead atoms. The van der Waals surface area contributed by atoms with Gasteiger partial charge in [-0.15, -0.1) is 0 Å². The van der Waals surface area contributed by atoms with Crippen LogP contribution in [-0.2, 0) is 17.5 Å². The zero-order valence-electron chi connectivity index (χ0n) is 14.4. The first kappa shape index (κ1) is 18.9. The molecule has 27 heavy (non-hydrogen) atoms. The second-order valence-electron chi connectivity index (χ2n) is 6.38. The molecule has 0 spiro atoms. The van der Waals surface area contributed by atoms with Gasteiger partial charge < -0.3 is 14.6 Å². The third-order valence-corrected chi connectivity index (χ3v) is 4.78. The van der Waals surface area contributed by atoms with Gasteiger partial charge in [0, 0.05) is 24.7 Å². The van der Waals surface area contributed by atoms with E-state index >= 15 is 0 Å². The summed E-state index contributed by atoms with van der Waals surface area (Å²) in [6.07, 6.45) is -2.54. The zero-order valence-corrected chi connectivity index (χ0v) is 14.4. The topological polar surface area (TPSA) is 79.6 Å². The summed E-state index contributed by atoms with van der Waals surface area (Å²) >= 11 is 0. The van der Waals surface area contributed by atoms with Crippen LogP contribution in [0, 0.1) is 0 Å². The van der Waals surface area contributed by atoms with Crippen LogP contribution < -0.4 is 5.43 Å². The monoisotopic (exact) mass is 382 g/mol. The number of carboxylic acid groups (broad SMARTS) is 1. The summed E-state index contributed by atoms with van der Waals surface area (Å²) in [6, 6.07) is 1.73. The van der Waals surface area contributed by atoms with Gasteiger partial charge in [-0.1, -0.05) is 0 Å². The Kier molecular flexibility index (Phi) is 4.71. The van der Waals surface area contributed by atoms with E-state index in [9.17, 15) is 32.7 Å². The van der Waals surface area contributed by atoms with Crippen LogP contribution in [0.5, 0.6) is 0 Å². The van der Waals surface area contributed by atoms with Gasteiger partial charge >= 0.3 is 12.1 Å². The third-order valence-electron chi connectivity index (χ3n) is 4.78. The normalized spacial score (nSPS) is 17.5. The van der Waals surface area contributed by atoms with E-state index in [1.807, 2.05) is 0 Å². The highest BCUT2D eigenvalue weighted by atomic mass is 19.4. The molecule has 1 aliphatic rings. The Hall–Kier alpha value is -2.84. The predicted octanol–water partition coefficient (Wildman–Crippen LogP) is 2.73. The molecule has 1 aromatic carbocycles. The van der Waals surface area contributed by atoms with Crippen molar-refractivity contribution in [3.05, 3.63) is 45.7 Å². The van der Waals surface area contributed by atoms with Gasteiger partial charge in [0.15, 0.2) is 0 Å². The summed E-state index contributed by atoms with van der Waals surface area (Å²) in [7, 11) is 0. The van der Waals surface area contributed by atoms with Gasteiger partial charge in [-0.05, 0) is 38.0 Å². The molecular formula is C18H17F3N2O4. The van der Waals surface area contributed by atoms with Crippen molar-refractivity contribution in [2.75, 3.05) is 6.54 Å². The molecule has 0 radical (unpaired) electrons. The van der Waals surface area contributed by atoms with E-state index in [4.69, 9.17) is 0 Å². The van der Waals surface area contributed by atoms with E-state index in [1.54, 1.807) is 6.92 Å². The molecule has 1 N–H and O–H groups in total. The standard InChI is InChI=1S/C18H17F3N2O4/c1-2-22-9-12(16(25)23-7-3-4-13(23)17(26)27)15(24)11-6-5-10(8-14(11)22)18(19,20)21/h5-6,8-9,13H,2-4,7H2,1H3,(H,26,27)/t13-/m0/s1. The van der Waals surface area contributed by atoms with Crippen molar-refractivity contribution in [1.82, 2.24) is 9.47 Å². The number of amides is 1. The number of hydrogen-bond donors (Lipinski definition) is 1. The minimum Gasteiger partial charge on any atom is -0.480 e. The quantitative estimate of drug-likeness (QED) is 0.885. The molecule has 144 valence electrons. The lowest BCUT2D eigenvalue weighted by atomic mass is 10.1. The van der Waals surface area contributed by atoms with Crippen LogP contribution in [0.25, 0.3) is 10.9 Å². The summed E-state index contributed by atoms with van der Waals surface area (Å²) in [6.45, 7) is 2.13. The summed E-state index contributed by atoms with van der Waals surface area (Å²) < 4.78 is 40.3. The number of carbonyl (C=O) groups is 2. The number of hydrogen-bond acceptors (Lipinski definition) is 3. The number of alkyl halides is 3. The van der Waals surface area contributed by atoms with Crippen molar-refractivity contribution in [2.45, 2.75) is 38.5 Å². The van der Waals surface area contributed by atoms with E-state index in [0.717, 1.165) is 23.1 Å². The van der Waals surface area contributed by atoms with Crippen LogP contribution in [0.4, 0.5) is 13.2 Å². The third kappa shape index (κ3) is 3.29. The Morgan fingerprint density at radius 2 is 2.00 bits per heavy atom. The maximum Gasteiger partial charge on any atom is 0.416 e. The highest BCUT2D eigenvalue weighted by Crippen LogP contribution is 2.31. The average Bonchev–Trinajstić information content (AvgIpc) is 3.10. The number of aliphatic carboxylic acids is 1. The van der Waals surface area contributed by atoms with Gasteiger partial charge in [0.25, 0.3) is 5.91 Å².